The molecule has 0 amide bonds. The number of nitroso groups, excluding NO2 is 5. The number of rotatable bonds is 6. The van der Waals surface area contributed by atoms with Gasteiger partial charge in [-0.15, -0.1) is 4.91 Å². The van der Waals surface area contributed by atoms with Crippen LogP contribution < -0.4 is 0 Å². The lowest BCUT2D eigenvalue weighted by Crippen LogP contribution is -2.55. The summed E-state index contributed by atoms with van der Waals surface area (Å²) in [5, 5.41) is 12.5. The van der Waals surface area contributed by atoms with Crippen LogP contribution in [0.2, 0.25) is 0 Å². The highest BCUT2D eigenvalue weighted by Crippen LogP contribution is 2.28. The first-order valence-electron chi connectivity index (χ1n) is 4.47. The molecule has 1 saturated heterocycles. The topological polar surface area (TPSA) is 156 Å². The quantitative estimate of drug-likeness (QED) is 0.625. The molecule has 0 aromatic heterocycles. The van der Waals surface area contributed by atoms with Gasteiger partial charge in [0.15, 0.2) is 12.1 Å². The molecule has 5 atom stereocenters. The van der Waals surface area contributed by atoms with Crippen LogP contribution in [-0.4, -0.2) is 37.0 Å². The van der Waals surface area contributed by atoms with E-state index in [9.17, 15) is 24.5 Å². The Morgan fingerprint density at radius 2 is 1.35 bits per heavy atom. The van der Waals surface area contributed by atoms with Crippen LogP contribution in [0.5, 0.6) is 0 Å². The minimum absolute atomic E-state index is 0.514. The third-order valence-electron chi connectivity index (χ3n) is 2.41. The average Bonchev–Trinajstić information content (AvgIpc) is 2.37. The van der Waals surface area contributed by atoms with E-state index in [1.165, 1.54) is 0 Å². The predicted molar refractivity (Wildman–Crippen MR) is 53.9 cm³/mol. The van der Waals surface area contributed by atoms with Crippen molar-refractivity contribution in [3.8, 4) is 0 Å². The zero-order valence-electron chi connectivity index (χ0n) is 8.28. The van der Waals surface area contributed by atoms with Crippen LogP contribution in [-0.2, 0) is 4.74 Å². The maximum Gasteiger partial charge on any atom is 0.218 e. The Balaban J connectivity index is 3.03. The van der Waals surface area contributed by atoms with Crippen molar-refractivity contribution in [1.82, 2.24) is 0 Å². The van der Waals surface area contributed by atoms with Crippen molar-refractivity contribution < 1.29 is 4.74 Å². The Morgan fingerprint density at radius 3 is 1.76 bits per heavy atom. The lowest BCUT2D eigenvalue weighted by molar-refractivity contribution is -0.0699. The molecule has 1 fully saturated rings. The maximum absolute atomic E-state index is 10.6. The molecule has 11 heteroatoms. The summed E-state index contributed by atoms with van der Waals surface area (Å²) in [4.78, 5) is 52.1. The Labute approximate surface area is 93.1 Å². The highest BCUT2D eigenvalue weighted by Gasteiger charge is 2.50. The van der Waals surface area contributed by atoms with Crippen molar-refractivity contribution in [2.45, 2.75) is 30.5 Å². The zero-order chi connectivity index (χ0) is 12.8. The molecule has 0 spiro atoms. The lowest BCUT2D eigenvalue weighted by Gasteiger charge is -2.33. The van der Waals surface area contributed by atoms with E-state index in [0.29, 0.717) is 0 Å². The van der Waals surface area contributed by atoms with E-state index in [2.05, 4.69) is 25.9 Å². The minimum atomic E-state index is -1.58. The number of nitrogens with zero attached hydrogens (tertiary/aromatic N) is 5. The first-order chi connectivity index (χ1) is 8.23. The molecule has 0 aromatic carbocycles. The van der Waals surface area contributed by atoms with Crippen molar-refractivity contribution >= 4 is 0 Å². The number of hydrogen-bond acceptors (Lipinski definition) is 11. The van der Waals surface area contributed by atoms with Crippen molar-refractivity contribution in [2.24, 2.45) is 25.9 Å². The summed E-state index contributed by atoms with van der Waals surface area (Å²) in [6, 6.07) is -4.42. The normalized spacial score (nSPS) is 36.8. The summed E-state index contributed by atoms with van der Waals surface area (Å²) in [5.74, 6) is 0. The fourth-order valence-corrected chi connectivity index (χ4v) is 1.61. The molecule has 0 N–H and O–H groups in total. The number of ether oxygens (including phenoxy) is 1. The molecule has 0 aliphatic carbocycles. The molecule has 0 bridgehead atoms. The van der Waals surface area contributed by atoms with Crippen molar-refractivity contribution in [2.75, 3.05) is 6.54 Å². The largest absolute Gasteiger partial charge is 0.343 e. The van der Waals surface area contributed by atoms with Gasteiger partial charge < -0.3 is 4.74 Å². The summed E-state index contributed by atoms with van der Waals surface area (Å²) in [6.45, 7) is -0.514. The molecule has 92 valence electrons. The Kier molecular flexibility index (Phi) is 4.51. The molecule has 0 saturated carbocycles. The first-order valence-corrected chi connectivity index (χ1v) is 4.47. The monoisotopic (exact) mass is 245 g/mol. The molecule has 0 radical (unpaired) electrons. The molecule has 17 heavy (non-hydrogen) atoms. The molecule has 5 unspecified atom stereocenters. The average molecular weight is 245 g/mol. The van der Waals surface area contributed by atoms with Gasteiger partial charge in [-0.25, -0.2) is 0 Å². The van der Waals surface area contributed by atoms with Gasteiger partial charge in [-0.3, -0.25) is 0 Å². The summed E-state index contributed by atoms with van der Waals surface area (Å²) in [5.41, 5.74) is 0. The van der Waals surface area contributed by atoms with Gasteiger partial charge in [0.2, 0.25) is 6.23 Å². The van der Waals surface area contributed by atoms with Crippen LogP contribution in [0.15, 0.2) is 25.9 Å². The molecule has 1 rings (SSSR count). The van der Waals surface area contributed by atoms with E-state index in [0.717, 1.165) is 0 Å². The van der Waals surface area contributed by atoms with E-state index in [1.807, 2.05) is 0 Å². The summed E-state index contributed by atoms with van der Waals surface area (Å²) < 4.78 is 4.86. The second kappa shape index (κ2) is 5.89. The fourth-order valence-electron chi connectivity index (χ4n) is 1.61. The van der Waals surface area contributed by atoms with Crippen molar-refractivity contribution in [1.29, 1.82) is 0 Å². The van der Waals surface area contributed by atoms with Crippen LogP contribution in [0, 0.1) is 24.5 Å². The first kappa shape index (κ1) is 13.0. The second-order valence-corrected chi connectivity index (χ2v) is 3.27. The highest BCUT2D eigenvalue weighted by molar-refractivity contribution is 5.03. The maximum atomic E-state index is 10.6. The van der Waals surface area contributed by atoms with Gasteiger partial charge in [0.1, 0.15) is 18.7 Å². The minimum Gasteiger partial charge on any atom is -0.343 e. The van der Waals surface area contributed by atoms with Gasteiger partial charge in [0.05, 0.1) is 0 Å². The van der Waals surface area contributed by atoms with Crippen LogP contribution in [0.3, 0.4) is 0 Å². The Bertz CT molecular complexity index is 337. The summed E-state index contributed by atoms with van der Waals surface area (Å²) in [7, 11) is 0. The van der Waals surface area contributed by atoms with Crippen molar-refractivity contribution in [3.63, 3.8) is 0 Å². The van der Waals surface area contributed by atoms with Gasteiger partial charge in [-0.2, -0.15) is 19.6 Å². The Hall–Kier alpha value is -2.04. The zero-order valence-corrected chi connectivity index (χ0v) is 8.28. The molecule has 0 aromatic rings. The van der Waals surface area contributed by atoms with Crippen LogP contribution in [0.1, 0.15) is 0 Å². The van der Waals surface area contributed by atoms with E-state index in [-0.39, 0.29) is 0 Å². The van der Waals surface area contributed by atoms with Gasteiger partial charge in [0.25, 0.3) is 0 Å². The summed E-state index contributed by atoms with van der Waals surface area (Å²) >= 11 is 0. The van der Waals surface area contributed by atoms with Gasteiger partial charge in [-0.05, 0) is 5.18 Å². The SMILES string of the molecule is O=NCC1OC(N=O)C(N=O)C(N=O)C1N=O. The standard InChI is InChI=1S/C6H7N5O6/c12-7-1-2-3(8-13)4(9-14)5(10-15)6(11-16)17-2/h2-6H,1H2. The van der Waals surface area contributed by atoms with Crippen LogP contribution in [0.25, 0.3) is 0 Å². The van der Waals surface area contributed by atoms with Gasteiger partial charge in [0, 0.05) is 0 Å². The Morgan fingerprint density at radius 1 is 0.765 bits per heavy atom. The molecule has 11 nitrogen and oxygen atoms in total. The van der Waals surface area contributed by atoms with Crippen molar-refractivity contribution in [3.05, 3.63) is 24.5 Å². The van der Waals surface area contributed by atoms with Crippen LogP contribution in [0.4, 0.5) is 0 Å². The molecule has 1 aliphatic rings. The van der Waals surface area contributed by atoms with Gasteiger partial charge in [-0.1, -0.05) is 20.7 Å². The van der Waals surface area contributed by atoms with E-state index < -0.39 is 37.0 Å². The van der Waals surface area contributed by atoms with Crippen LogP contribution >= 0.6 is 0 Å². The smallest absolute Gasteiger partial charge is 0.218 e. The highest BCUT2D eigenvalue weighted by atomic mass is 16.5. The van der Waals surface area contributed by atoms with Gasteiger partial charge >= 0.3 is 0 Å². The third kappa shape index (κ3) is 2.38. The third-order valence-corrected chi connectivity index (χ3v) is 2.41. The number of hydrogen-bond donors (Lipinski definition) is 0. The lowest BCUT2D eigenvalue weighted by atomic mass is 9.93. The predicted octanol–water partition coefficient (Wildman–Crippen LogP) is 0.649. The fraction of sp³-hybridized carbons (Fsp3) is 1.00. The second-order valence-electron chi connectivity index (χ2n) is 3.27. The molecule has 1 heterocycles. The molecule has 1 aliphatic heterocycles. The summed E-state index contributed by atoms with van der Waals surface area (Å²) in [6.07, 6.45) is -2.80. The molecular weight excluding hydrogens is 238 g/mol. The molecular formula is C6H7N5O6. The van der Waals surface area contributed by atoms with E-state index >= 15 is 0 Å². The van der Waals surface area contributed by atoms with E-state index in [4.69, 9.17) is 4.74 Å². The van der Waals surface area contributed by atoms with E-state index in [1.54, 1.807) is 0 Å².